The fraction of sp³-hybridized carbons (Fsp3) is 0.320. The van der Waals surface area contributed by atoms with Crippen LogP contribution in [0.1, 0.15) is 23.6 Å². The standard InChI is InChI=1S/C25H29N5O5/c1-17-6-4-8-20(16-17)26-24(35)28-25(10-13-31)23(34)30(29(11-14-32)12-15-33)22-18(2)7-5-9-21(22)19(3)27-25/h4-10,16,32-33H,11-12,14-15H2,1-3H3,(H2,26,28,35). The van der Waals surface area contributed by atoms with Crippen molar-refractivity contribution in [3.63, 3.8) is 0 Å². The van der Waals surface area contributed by atoms with Crippen LogP contribution in [-0.2, 0) is 9.59 Å². The Morgan fingerprint density at radius 3 is 2.46 bits per heavy atom. The van der Waals surface area contributed by atoms with E-state index in [0.29, 0.717) is 22.6 Å². The van der Waals surface area contributed by atoms with Crippen LogP contribution in [0.2, 0.25) is 0 Å². The summed E-state index contributed by atoms with van der Waals surface area (Å²) in [6.45, 7) is 4.76. The molecule has 10 nitrogen and oxygen atoms in total. The normalized spacial score (nSPS) is 17.3. The molecule has 1 aliphatic rings. The lowest BCUT2D eigenvalue weighted by Gasteiger charge is -2.38. The molecule has 0 fully saturated rings. The number of urea groups is 1. The minimum Gasteiger partial charge on any atom is -0.395 e. The van der Waals surface area contributed by atoms with Gasteiger partial charge in [0.15, 0.2) is 0 Å². The van der Waals surface area contributed by atoms with Crippen LogP contribution in [0.5, 0.6) is 0 Å². The molecule has 1 unspecified atom stereocenters. The summed E-state index contributed by atoms with van der Waals surface area (Å²) >= 11 is 0. The zero-order valence-corrected chi connectivity index (χ0v) is 19.9. The zero-order chi connectivity index (χ0) is 25.6. The van der Waals surface area contributed by atoms with Crippen LogP contribution in [0.3, 0.4) is 0 Å². The van der Waals surface area contributed by atoms with E-state index in [1.165, 1.54) is 10.0 Å². The van der Waals surface area contributed by atoms with Crippen molar-refractivity contribution in [3.05, 3.63) is 65.2 Å². The van der Waals surface area contributed by atoms with Gasteiger partial charge in [0.1, 0.15) is 5.94 Å². The van der Waals surface area contributed by atoms with E-state index >= 15 is 0 Å². The van der Waals surface area contributed by atoms with E-state index in [1.54, 1.807) is 43.2 Å². The Labute approximate surface area is 203 Å². The first-order valence-corrected chi connectivity index (χ1v) is 11.1. The molecule has 0 aromatic heterocycles. The first-order valence-electron chi connectivity index (χ1n) is 11.1. The van der Waals surface area contributed by atoms with Gasteiger partial charge in [0, 0.05) is 30.1 Å². The summed E-state index contributed by atoms with van der Waals surface area (Å²) in [7, 11) is 0. The van der Waals surface area contributed by atoms with Crippen LogP contribution < -0.4 is 15.6 Å². The van der Waals surface area contributed by atoms with Crippen molar-refractivity contribution in [2.24, 2.45) is 4.99 Å². The van der Waals surface area contributed by atoms with Crippen molar-refractivity contribution < 1.29 is 24.6 Å². The number of benzene rings is 2. The number of aliphatic hydroxyl groups excluding tert-OH is 2. The number of benzodiazepines with no additional fused rings is 1. The molecule has 184 valence electrons. The predicted octanol–water partition coefficient (Wildman–Crippen LogP) is 1.57. The number of carbonyl (C=O) groups excluding carboxylic acids is 3. The van der Waals surface area contributed by atoms with Gasteiger partial charge in [-0.2, -0.15) is 0 Å². The average molecular weight is 480 g/mol. The molecule has 2 aromatic carbocycles. The van der Waals surface area contributed by atoms with Gasteiger partial charge in [-0.05, 0) is 44.0 Å². The van der Waals surface area contributed by atoms with Gasteiger partial charge < -0.3 is 20.8 Å². The van der Waals surface area contributed by atoms with Gasteiger partial charge in [-0.15, -0.1) is 0 Å². The Bertz CT molecular complexity index is 1180. The Kier molecular flexibility index (Phi) is 8.16. The van der Waals surface area contributed by atoms with Crippen LogP contribution in [-0.4, -0.2) is 70.8 Å². The first kappa shape index (κ1) is 25.8. The lowest BCUT2D eigenvalue weighted by molar-refractivity contribution is -0.126. The second-order valence-corrected chi connectivity index (χ2v) is 8.16. The number of para-hydroxylation sites is 1. The molecule has 0 radical (unpaired) electrons. The van der Waals surface area contributed by atoms with Crippen LogP contribution >= 0.6 is 0 Å². The van der Waals surface area contributed by atoms with Crippen molar-refractivity contribution >= 4 is 35.0 Å². The fourth-order valence-corrected chi connectivity index (χ4v) is 4.04. The van der Waals surface area contributed by atoms with Gasteiger partial charge in [-0.3, -0.25) is 4.79 Å². The molecule has 4 N–H and O–H groups in total. The Morgan fingerprint density at radius 1 is 1.14 bits per heavy atom. The van der Waals surface area contributed by atoms with Crippen molar-refractivity contribution in [2.75, 3.05) is 36.6 Å². The second kappa shape index (κ2) is 11.1. The summed E-state index contributed by atoms with van der Waals surface area (Å²) in [4.78, 5) is 43.2. The molecule has 0 aliphatic carbocycles. The molecule has 10 heteroatoms. The maximum absolute atomic E-state index is 14.1. The highest BCUT2D eigenvalue weighted by atomic mass is 16.3. The van der Waals surface area contributed by atoms with Crippen LogP contribution in [0, 0.1) is 13.8 Å². The third-order valence-electron chi connectivity index (χ3n) is 5.55. The Balaban J connectivity index is 2.14. The lowest BCUT2D eigenvalue weighted by Crippen LogP contribution is -2.62. The summed E-state index contributed by atoms with van der Waals surface area (Å²) in [5.74, 6) is 0.842. The molecule has 0 bridgehead atoms. The first-order chi connectivity index (χ1) is 16.8. The van der Waals surface area contributed by atoms with Crippen LogP contribution in [0.4, 0.5) is 16.2 Å². The quantitative estimate of drug-likeness (QED) is 0.425. The fourth-order valence-electron chi connectivity index (χ4n) is 4.04. The third-order valence-corrected chi connectivity index (χ3v) is 5.55. The van der Waals surface area contributed by atoms with Crippen molar-refractivity contribution in [3.8, 4) is 0 Å². The van der Waals surface area contributed by atoms with E-state index in [2.05, 4.69) is 15.6 Å². The maximum Gasteiger partial charge on any atom is 0.321 e. The summed E-state index contributed by atoms with van der Waals surface area (Å²) in [5, 5.41) is 27.2. The number of anilines is 2. The zero-order valence-electron chi connectivity index (χ0n) is 19.9. The van der Waals surface area contributed by atoms with Crippen molar-refractivity contribution in [1.29, 1.82) is 0 Å². The van der Waals surface area contributed by atoms with E-state index in [-0.39, 0.29) is 26.3 Å². The molecule has 1 heterocycles. The number of aliphatic imine (C=N–C) groups is 1. The molecule has 0 saturated heterocycles. The minimum atomic E-state index is -2.13. The van der Waals surface area contributed by atoms with E-state index < -0.39 is 17.6 Å². The molecule has 0 spiro atoms. The lowest BCUT2D eigenvalue weighted by atomic mass is 10.0. The second-order valence-electron chi connectivity index (χ2n) is 8.16. The van der Waals surface area contributed by atoms with Gasteiger partial charge in [0.25, 0.3) is 5.91 Å². The Hall–Kier alpha value is -3.82. The Morgan fingerprint density at radius 2 is 1.83 bits per heavy atom. The molecule has 2 aromatic rings. The molecule has 3 rings (SSSR count). The number of fused-ring (bicyclic) bond motifs is 1. The molecule has 0 saturated carbocycles. The third kappa shape index (κ3) is 5.47. The number of nitrogens with zero attached hydrogens (tertiary/aromatic N) is 3. The van der Waals surface area contributed by atoms with Gasteiger partial charge in [-0.25, -0.2) is 24.6 Å². The molecule has 3 amide bonds. The van der Waals surface area contributed by atoms with E-state index in [1.807, 2.05) is 26.0 Å². The van der Waals surface area contributed by atoms with Gasteiger partial charge in [0.05, 0.1) is 25.0 Å². The summed E-state index contributed by atoms with van der Waals surface area (Å²) < 4.78 is 0. The predicted molar refractivity (Wildman–Crippen MR) is 133 cm³/mol. The topological polar surface area (TPSA) is 135 Å². The number of rotatable bonds is 8. The van der Waals surface area contributed by atoms with Gasteiger partial charge >= 0.3 is 6.03 Å². The highest BCUT2D eigenvalue weighted by molar-refractivity contribution is 6.15. The molecule has 35 heavy (non-hydrogen) atoms. The monoisotopic (exact) mass is 479 g/mol. The number of aliphatic hydroxyl groups is 2. The smallest absolute Gasteiger partial charge is 0.321 e. The largest absolute Gasteiger partial charge is 0.395 e. The highest BCUT2D eigenvalue weighted by Crippen LogP contribution is 2.34. The number of nitrogens with one attached hydrogen (secondary N) is 2. The number of hydrogen-bond acceptors (Lipinski definition) is 7. The van der Waals surface area contributed by atoms with Crippen molar-refractivity contribution in [2.45, 2.75) is 26.4 Å². The van der Waals surface area contributed by atoms with Gasteiger partial charge in [-0.1, -0.05) is 30.3 Å². The van der Waals surface area contributed by atoms with Crippen LogP contribution in [0.25, 0.3) is 0 Å². The summed E-state index contributed by atoms with van der Waals surface area (Å²) in [6, 6.07) is 11.7. The number of carbonyl (C=O) groups is 2. The van der Waals surface area contributed by atoms with E-state index in [0.717, 1.165) is 17.2 Å². The molecular formula is C25H29N5O5. The number of hydrazine groups is 1. The molecular weight excluding hydrogens is 450 g/mol. The van der Waals surface area contributed by atoms with Crippen molar-refractivity contribution in [1.82, 2.24) is 10.3 Å². The van der Waals surface area contributed by atoms with E-state index in [9.17, 15) is 24.6 Å². The summed E-state index contributed by atoms with van der Waals surface area (Å²) in [5.41, 5.74) is 1.48. The highest BCUT2D eigenvalue weighted by Gasteiger charge is 2.47. The summed E-state index contributed by atoms with van der Waals surface area (Å²) in [6.07, 6.45) is 0.860. The minimum absolute atomic E-state index is 0.00942. The SMILES string of the molecule is CC1=NC(C=C=O)(NC(=O)Nc2cccc(C)c2)C(=O)N(N(CCO)CCO)c2c(C)cccc21. The molecule has 1 atom stereocenters. The molecule has 1 aliphatic heterocycles. The number of hydrogen-bond donors (Lipinski definition) is 4. The van der Waals surface area contributed by atoms with Gasteiger partial charge in [0.2, 0.25) is 5.66 Å². The number of aryl methyl sites for hydroxylation is 2. The maximum atomic E-state index is 14.1. The average Bonchev–Trinajstić information content (AvgIpc) is 2.88. The van der Waals surface area contributed by atoms with E-state index in [4.69, 9.17) is 0 Å². The van der Waals surface area contributed by atoms with Crippen LogP contribution in [0.15, 0.2) is 53.5 Å². The number of amides is 3.